The first kappa shape index (κ1) is 21.6. The standard InChI is InChI=1S/C21H22ClN3O5S/c1-28-18-7-3-6-17(19(18)29-2)20-23-21(30-24-20)14-5-4-12-25(13-14)31(26,27)16-10-8-15(22)9-11-16/h3,6-11,14H,4-5,12-13H2,1-2H3. The molecule has 1 aliphatic heterocycles. The molecule has 164 valence electrons. The molecule has 0 saturated carbocycles. The van der Waals surface area contributed by atoms with Gasteiger partial charge in [0, 0.05) is 18.1 Å². The van der Waals surface area contributed by atoms with Gasteiger partial charge in [-0.25, -0.2) is 8.42 Å². The van der Waals surface area contributed by atoms with E-state index in [-0.39, 0.29) is 17.4 Å². The Labute approximate surface area is 185 Å². The molecule has 0 aliphatic carbocycles. The Morgan fingerprint density at radius 3 is 2.61 bits per heavy atom. The van der Waals surface area contributed by atoms with Gasteiger partial charge < -0.3 is 14.0 Å². The maximum absolute atomic E-state index is 13.0. The predicted molar refractivity (Wildman–Crippen MR) is 115 cm³/mol. The van der Waals surface area contributed by atoms with Crippen molar-refractivity contribution in [3.63, 3.8) is 0 Å². The molecular formula is C21H22ClN3O5S. The lowest BCUT2D eigenvalue weighted by Crippen LogP contribution is -2.39. The summed E-state index contributed by atoms with van der Waals surface area (Å²) < 4.78 is 43.8. The van der Waals surface area contributed by atoms with Crippen LogP contribution in [0.15, 0.2) is 51.9 Å². The summed E-state index contributed by atoms with van der Waals surface area (Å²) in [6.45, 7) is 0.702. The third-order valence-corrected chi connectivity index (χ3v) is 7.40. The number of rotatable bonds is 6. The summed E-state index contributed by atoms with van der Waals surface area (Å²) in [6.07, 6.45) is 1.45. The average molecular weight is 464 g/mol. The van der Waals surface area contributed by atoms with Crippen LogP contribution in [0.5, 0.6) is 11.5 Å². The van der Waals surface area contributed by atoms with Crippen molar-refractivity contribution in [2.24, 2.45) is 0 Å². The minimum atomic E-state index is -3.64. The van der Waals surface area contributed by atoms with Crippen molar-refractivity contribution < 1.29 is 22.4 Å². The van der Waals surface area contributed by atoms with E-state index in [1.54, 1.807) is 32.4 Å². The van der Waals surface area contributed by atoms with Crippen molar-refractivity contribution in [1.82, 2.24) is 14.4 Å². The van der Waals surface area contributed by atoms with Gasteiger partial charge in [0.25, 0.3) is 0 Å². The summed E-state index contributed by atoms with van der Waals surface area (Å²) >= 11 is 5.89. The van der Waals surface area contributed by atoms with E-state index in [1.165, 1.54) is 16.4 Å². The van der Waals surface area contributed by atoms with Crippen LogP contribution >= 0.6 is 11.6 Å². The molecule has 3 aromatic rings. The largest absolute Gasteiger partial charge is 0.493 e. The lowest BCUT2D eigenvalue weighted by Gasteiger charge is -2.30. The van der Waals surface area contributed by atoms with Crippen molar-refractivity contribution in [1.29, 1.82) is 0 Å². The zero-order valence-corrected chi connectivity index (χ0v) is 18.7. The van der Waals surface area contributed by atoms with Crippen molar-refractivity contribution in [3.8, 4) is 22.9 Å². The van der Waals surface area contributed by atoms with Gasteiger partial charge in [-0.3, -0.25) is 0 Å². The quantitative estimate of drug-likeness (QED) is 0.545. The molecule has 0 radical (unpaired) electrons. The fourth-order valence-electron chi connectivity index (χ4n) is 3.69. The van der Waals surface area contributed by atoms with Crippen LogP contribution in [0.2, 0.25) is 5.02 Å². The second-order valence-electron chi connectivity index (χ2n) is 7.15. The van der Waals surface area contributed by atoms with Gasteiger partial charge in [-0.2, -0.15) is 9.29 Å². The van der Waals surface area contributed by atoms with E-state index in [4.69, 9.17) is 25.6 Å². The molecule has 1 fully saturated rings. The third kappa shape index (κ3) is 4.26. The zero-order valence-electron chi connectivity index (χ0n) is 17.1. The van der Waals surface area contributed by atoms with Crippen LogP contribution in [0.25, 0.3) is 11.4 Å². The van der Waals surface area contributed by atoms with Crippen molar-refractivity contribution in [2.75, 3.05) is 27.3 Å². The van der Waals surface area contributed by atoms with Gasteiger partial charge in [-0.1, -0.05) is 22.8 Å². The van der Waals surface area contributed by atoms with Gasteiger partial charge in [0.15, 0.2) is 11.5 Å². The Hall–Kier alpha value is -2.62. The average Bonchev–Trinajstić information content (AvgIpc) is 3.29. The Morgan fingerprint density at radius 1 is 1.13 bits per heavy atom. The van der Waals surface area contributed by atoms with Gasteiger partial charge in [0.05, 0.1) is 30.6 Å². The number of piperidine rings is 1. The molecule has 0 N–H and O–H groups in total. The summed E-state index contributed by atoms with van der Waals surface area (Å²) in [7, 11) is -0.535. The molecule has 0 bridgehead atoms. The molecule has 1 aromatic heterocycles. The summed E-state index contributed by atoms with van der Waals surface area (Å²) in [5.74, 6) is 1.63. The first-order chi connectivity index (χ1) is 14.9. The van der Waals surface area contributed by atoms with Crippen LogP contribution in [0.1, 0.15) is 24.7 Å². The van der Waals surface area contributed by atoms with Crippen molar-refractivity contribution in [3.05, 3.63) is 53.4 Å². The van der Waals surface area contributed by atoms with Crippen LogP contribution in [0.4, 0.5) is 0 Å². The fourth-order valence-corrected chi connectivity index (χ4v) is 5.34. The van der Waals surface area contributed by atoms with Crippen LogP contribution in [-0.2, 0) is 10.0 Å². The zero-order chi connectivity index (χ0) is 22.0. The molecule has 8 nitrogen and oxygen atoms in total. The molecule has 0 spiro atoms. The van der Waals surface area contributed by atoms with Crippen LogP contribution < -0.4 is 9.47 Å². The molecule has 1 atom stereocenters. The molecule has 10 heteroatoms. The van der Waals surface area contributed by atoms with E-state index < -0.39 is 10.0 Å². The number of nitrogens with zero attached hydrogens (tertiary/aromatic N) is 3. The highest BCUT2D eigenvalue weighted by molar-refractivity contribution is 7.89. The number of sulfonamides is 1. The molecule has 2 aromatic carbocycles. The Morgan fingerprint density at radius 2 is 1.90 bits per heavy atom. The van der Waals surface area contributed by atoms with E-state index >= 15 is 0 Å². The molecule has 2 heterocycles. The van der Waals surface area contributed by atoms with Crippen molar-refractivity contribution in [2.45, 2.75) is 23.7 Å². The smallest absolute Gasteiger partial charge is 0.243 e. The number of halogens is 1. The number of hydrogen-bond donors (Lipinski definition) is 0. The molecular weight excluding hydrogens is 442 g/mol. The molecule has 31 heavy (non-hydrogen) atoms. The summed E-state index contributed by atoms with van der Waals surface area (Å²) in [5, 5.41) is 4.58. The summed E-state index contributed by atoms with van der Waals surface area (Å²) in [4.78, 5) is 4.75. The van der Waals surface area contributed by atoms with Crippen LogP contribution in [0, 0.1) is 0 Å². The maximum atomic E-state index is 13.0. The van der Waals surface area contributed by atoms with Gasteiger partial charge >= 0.3 is 0 Å². The maximum Gasteiger partial charge on any atom is 0.243 e. The number of para-hydroxylation sites is 1. The SMILES string of the molecule is COc1cccc(-c2noc(C3CCCN(S(=O)(=O)c4ccc(Cl)cc4)C3)n2)c1OC. The highest BCUT2D eigenvalue weighted by Crippen LogP contribution is 2.37. The third-order valence-electron chi connectivity index (χ3n) is 5.27. The minimum absolute atomic E-state index is 0.200. The van der Waals surface area contributed by atoms with E-state index in [0.29, 0.717) is 46.8 Å². The predicted octanol–water partition coefficient (Wildman–Crippen LogP) is 3.98. The fraction of sp³-hybridized carbons (Fsp3) is 0.333. The highest BCUT2D eigenvalue weighted by Gasteiger charge is 2.33. The van der Waals surface area contributed by atoms with Gasteiger partial charge in [-0.05, 0) is 49.2 Å². The first-order valence-electron chi connectivity index (χ1n) is 9.74. The summed E-state index contributed by atoms with van der Waals surface area (Å²) in [5.41, 5.74) is 0.637. The van der Waals surface area contributed by atoms with Crippen molar-refractivity contribution >= 4 is 21.6 Å². The second kappa shape index (κ2) is 8.86. The monoisotopic (exact) mass is 463 g/mol. The molecule has 1 aliphatic rings. The first-order valence-corrected chi connectivity index (χ1v) is 11.6. The van der Waals surface area contributed by atoms with Gasteiger partial charge in [0.2, 0.25) is 21.7 Å². The van der Waals surface area contributed by atoms with E-state index in [9.17, 15) is 8.42 Å². The Balaban J connectivity index is 1.58. The lowest BCUT2D eigenvalue weighted by molar-refractivity contribution is 0.265. The molecule has 1 unspecified atom stereocenters. The van der Waals surface area contributed by atoms with E-state index in [1.807, 2.05) is 12.1 Å². The minimum Gasteiger partial charge on any atom is -0.493 e. The number of hydrogen-bond acceptors (Lipinski definition) is 7. The molecule has 0 amide bonds. The topological polar surface area (TPSA) is 94.8 Å². The second-order valence-corrected chi connectivity index (χ2v) is 9.53. The Bertz CT molecular complexity index is 1160. The number of benzene rings is 2. The van der Waals surface area contributed by atoms with Gasteiger partial charge in [-0.15, -0.1) is 0 Å². The normalized spacial score (nSPS) is 17.5. The lowest BCUT2D eigenvalue weighted by atomic mass is 10.00. The number of ether oxygens (including phenoxy) is 2. The van der Waals surface area contributed by atoms with E-state index in [2.05, 4.69) is 10.1 Å². The number of aromatic nitrogens is 2. The van der Waals surface area contributed by atoms with Crippen LogP contribution in [-0.4, -0.2) is 50.2 Å². The highest BCUT2D eigenvalue weighted by atomic mass is 35.5. The van der Waals surface area contributed by atoms with Gasteiger partial charge in [0.1, 0.15) is 0 Å². The summed E-state index contributed by atoms with van der Waals surface area (Å²) in [6, 6.07) is 11.6. The Kier molecular flexibility index (Phi) is 6.17. The molecule has 4 rings (SSSR count). The van der Waals surface area contributed by atoms with Crippen LogP contribution in [0.3, 0.4) is 0 Å². The molecule has 1 saturated heterocycles. The van der Waals surface area contributed by atoms with E-state index in [0.717, 1.165) is 6.42 Å². The number of methoxy groups -OCH3 is 2.